The van der Waals surface area contributed by atoms with Crippen molar-refractivity contribution in [3.05, 3.63) is 63.9 Å². The van der Waals surface area contributed by atoms with Crippen LogP contribution in [0.25, 0.3) is 0 Å². The van der Waals surface area contributed by atoms with Crippen LogP contribution in [0.3, 0.4) is 0 Å². The van der Waals surface area contributed by atoms with E-state index < -0.39 is 0 Å². The third-order valence-corrected chi connectivity index (χ3v) is 4.64. The molecule has 122 valence electrons. The third kappa shape index (κ3) is 5.18. The number of nitrogens with zero attached hydrogens (tertiary/aromatic N) is 3. The summed E-state index contributed by atoms with van der Waals surface area (Å²) in [6.45, 7) is 6.39. The summed E-state index contributed by atoms with van der Waals surface area (Å²) in [5.41, 5.74) is 2.55. The van der Waals surface area contributed by atoms with Crippen LogP contribution in [0.2, 0.25) is 10.3 Å². The lowest BCUT2D eigenvalue weighted by Crippen LogP contribution is -2.46. The fraction of sp³-hybridized carbons (Fsp3) is 0.389. The van der Waals surface area contributed by atoms with Crippen LogP contribution in [-0.4, -0.2) is 47.5 Å². The Morgan fingerprint density at radius 3 is 2.09 bits per heavy atom. The van der Waals surface area contributed by atoms with E-state index in [-0.39, 0.29) is 0 Å². The molecule has 0 radical (unpaired) electrons. The predicted octanol–water partition coefficient (Wildman–Crippen LogP) is 3.75. The molecule has 0 atom stereocenters. The summed E-state index contributed by atoms with van der Waals surface area (Å²) >= 11 is 11.9. The molecule has 1 aromatic heterocycles. The Morgan fingerprint density at radius 1 is 0.826 bits per heavy atom. The Bertz CT molecular complexity index is 605. The molecule has 3 rings (SSSR count). The Morgan fingerprint density at radius 2 is 1.43 bits per heavy atom. The second-order valence-electron chi connectivity index (χ2n) is 5.97. The second kappa shape index (κ2) is 8.11. The molecule has 1 aliphatic heterocycles. The van der Waals surface area contributed by atoms with Crippen LogP contribution < -0.4 is 0 Å². The summed E-state index contributed by atoms with van der Waals surface area (Å²) in [5, 5.41) is 0.933. The smallest absolute Gasteiger partial charge is 0.131 e. The van der Waals surface area contributed by atoms with Gasteiger partial charge in [0.25, 0.3) is 0 Å². The number of pyridine rings is 1. The molecule has 0 bridgehead atoms. The minimum absolute atomic E-state index is 0.467. The number of aromatic nitrogens is 1. The van der Waals surface area contributed by atoms with E-state index in [2.05, 4.69) is 45.1 Å². The first-order chi connectivity index (χ1) is 11.2. The number of benzene rings is 1. The maximum Gasteiger partial charge on any atom is 0.131 e. The summed E-state index contributed by atoms with van der Waals surface area (Å²) in [5.74, 6) is 0. The average Bonchev–Trinajstić information content (AvgIpc) is 2.54. The van der Waals surface area contributed by atoms with Gasteiger partial charge in [0.15, 0.2) is 0 Å². The van der Waals surface area contributed by atoms with Crippen LogP contribution in [0.4, 0.5) is 0 Å². The number of hydrogen-bond donors (Lipinski definition) is 0. The van der Waals surface area contributed by atoms with Crippen molar-refractivity contribution in [3.8, 4) is 0 Å². The molecule has 0 amide bonds. The molecule has 3 nitrogen and oxygen atoms in total. The number of hydrogen-bond acceptors (Lipinski definition) is 3. The highest BCUT2D eigenvalue weighted by Gasteiger charge is 2.17. The highest BCUT2D eigenvalue weighted by Crippen LogP contribution is 2.17. The Kier molecular flexibility index (Phi) is 5.90. The van der Waals surface area contributed by atoms with Crippen LogP contribution in [0, 0.1) is 0 Å². The molecule has 23 heavy (non-hydrogen) atoms. The van der Waals surface area contributed by atoms with Gasteiger partial charge in [0.1, 0.15) is 10.3 Å². The Labute approximate surface area is 147 Å². The van der Waals surface area contributed by atoms with Gasteiger partial charge in [0.05, 0.1) is 0 Å². The Balaban J connectivity index is 1.45. The number of halogens is 2. The summed E-state index contributed by atoms with van der Waals surface area (Å²) < 4.78 is 0. The lowest BCUT2D eigenvalue weighted by Gasteiger charge is -2.34. The monoisotopic (exact) mass is 349 g/mol. The average molecular weight is 350 g/mol. The van der Waals surface area contributed by atoms with Crippen molar-refractivity contribution in [1.82, 2.24) is 14.8 Å². The van der Waals surface area contributed by atoms with Gasteiger partial charge in [-0.05, 0) is 29.7 Å². The molecule has 0 N–H and O–H groups in total. The lowest BCUT2D eigenvalue weighted by molar-refractivity contribution is 0.128. The summed E-state index contributed by atoms with van der Waals surface area (Å²) in [7, 11) is 0. The van der Waals surface area contributed by atoms with Crippen LogP contribution in [0.15, 0.2) is 42.5 Å². The zero-order valence-corrected chi connectivity index (χ0v) is 14.6. The topological polar surface area (TPSA) is 19.4 Å². The van der Waals surface area contributed by atoms with Crippen molar-refractivity contribution < 1.29 is 0 Å². The minimum atomic E-state index is 0.467. The molecule has 1 fully saturated rings. The van der Waals surface area contributed by atoms with Gasteiger partial charge < -0.3 is 4.90 Å². The van der Waals surface area contributed by atoms with Gasteiger partial charge in [-0.3, -0.25) is 4.90 Å². The summed E-state index contributed by atoms with van der Waals surface area (Å²) in [4.78, 5) is 8.98. The van der Waals surface area contributed by atoms with Crippen molar-refractivity contribution >= 4 is 23.2 Å². The number of rotatable bonds is 5. The van der Waals surface area contributed by atoms with Crippen molar-refractivity contribution in [2.45, 2.75) is 13.0 Å². The van der Waals surface area contributed by atoms with Crippen molar-refractivity contribution in [3.63, 3.8) is 0 Å². The third-order valence-electron chi connectivity index (χ3n) is 4.25. The highest BCUT2D eigenvalue weighted by molar-refractivity contribution is 6.32. The van der Waals surface area contributed by atoms with E-state index in [1.807, 2.05) is 12.1 Å². The molecular formula is C18H21Cl2N3. The summed E-state index contributed by atoms with van der Waals surface area (Å²) in [6, 6.07) is 14.5. The zero-order valence-electron chi connectivity index (χ0n) is 13.1. The molecule has 5 heteroatoms. The first-order valence-corrected chi connectivity index (χ1v) is 8.75. The lowest BCUT2D eigenvalue weighted by atomic mass is 10.1. The minimum Gasteiger partial charge on any atom is -0.300 e. The molecule has 2 aromatic rings. The van der Waals surface area contributed by atoms with E-state index in [1.54, 1.807) is 0 Å². The van der Waals surface area contributed by atoms with Crippen molar-refractivity contribution in [2.24, 2.45) is 0 Å². The standard InChI is InChI=1S/C18H21Cl2N3/c19-17-12-16(13-18(20)21-17)14-23-10-8-22(9-11-23)7-6-15-4-2-1-3-5-15/h1-5,12-13H,6-11,14H2. The van der Waals surface area contributed by atoms with E-state index in [4.69, 9.17) is 23.2 Å². The van der Waals surface area contributed by atoms with Gasteiger partial charge in [0, 0.05) is 39.3 Å². The molecule has 0 spiro atoms. The quantitative estimate of drug-likeness (QED) is 0.766. The van der Waals surface area contributed by atoms with E-state index >= 15 is 0 Å². The molecule has 1 saturated heterocycles. The van der Waals surface area contributed by atoms with Gasteiger partial charge in [-0.2, -0.15) is 0 Å². The van der Waals surface area contributed by atoms with Crippen molar-refractivity contribution in [2.75, 3.05) is 32.7 Å². The first kappa shape index (κ1) is 16.7. The van der Waals surface area contributed by atoms with Gasteiger partial charge in [-0.15, -0.1) is 0 Å². The highest BCUT2D eigenvalue weighted by atomic mass is 35.5. The fourth-order valence-corrected chi connectivity index (χ4v) is 3.47. The molecular weight excluding hydrogens is 329 g/mol. The largest absolute Gasteiger partial charge is 0.300 e. The maximum atomic E-state index is 5.97. The van der Waals surface area contributed by atoms with E-state index in [9.17, 15) is 0 Å². The normalized spacial score (nSPS) is 16.6. The van der Waals surface area contributed by atoms with Crippen molar-refractivity contribution in [1.29, 1.82) is 0 Å². The van der Waals surface area contributed by atoms with Gasteiger partial charge in [-0.1, -0.05) is 53.5 Å². The number of piperazine rings is 1. The Hall–Kier alpha value is -1.13. The molecule has 1 aromatic carbocycles. The molecule has 2 heterocycles. The SMILES string of the molecule is Clc1cc(CN2CCN(CCc3ccccc3)CC2)cc(Cl)n1. The van der Waals surface area contributed by atoms with Gasteiger partial charge in [0.2, 0.25) is 0 Å². The van der Waals surface area contributed by atoms with E-state index in [1.165, 1.54) is 5.56 Å². The fourth-order valence-electron chi connectivity index (χ4n) is 2.97. The molecule has 1 aliphatic rings. The van der Waals surface area contributed by atoms with E-state index in [0.29, 0.717) is 10.3 Å². The predicted molar refractivity (Wildman–Crippen MR) is 96.1 cm³/mol. The molecule has 0 unspecified atom stereocenters. The van der Waals surface area contributed by atoms with Crippen LogP contribution in [0.5, 0.6) is 0 Å². The van der Waals surface area contributed by atoms with Gasteiger partial charge in [-0.25, -0.2) is 4.98 Å². The molecule has 0 saturated carbocycles. The van der Waals surface area contributed by atoms with Crippen LogP contribution in [-0.2, 0) is 13.0 Å². The second-order valence-corrected chi connectivity index (χ2v) is 6.75. The summed E-state index contributed by atoms with van der Waals surface area (Å²) in [6.07, 6.45) is 1.12. The first-order valence-electron chi connectivity index (χ1n) is 8.00. The molecule has 0 aliphatic carbocycles. The maximum absolute atomic E-state index is 5.97. The van der Waals surface area contributed by atoms with Gasteiger partial charge >= 0.3 is 0 Å². The zero-order chi connectivity index (χ0) is 16.1. The van der Waals surface area contributed by atoms with Crippen LogP contribution in [0.1, 0.15) is 11.1 Å². The van der Waals surface area contributed by atoms with Crippen LogP contribution >= 0.6 is 23.2 Å². The van der Waals surface area contributed by atoms with E-state index in [0.717, 1.165) is 51.3 Å².